The van der Waals surface area contributed by atoms with Gasteiger partial charge in [-0.1, -0.05) is 19.4 Å². The molecule has 1 aromatic rings. The highest BCUT2D eigenvalue weighted by atomic mass is 19.4. The third-order valence-electron chi connectivity index (χ3n) is 3.04. The molecular formula is C14H19F3O. The number of aliphatic hydroxyl groups excluding tert-OH is 1. The minimum atomic E-state index is -4.29. The maximum absolute atomic E-state index is 12.5. The highest BCUT2D eigenvalue weighted by Gasteiger charge is 2.30. The fraction of sp³-hybridized carbons (Fsp3) is 0.571. The van der Waals surface area contributed by atoms with Crippen LogP contribution in [0.15, 0.2) is 18.2 Å². The van der Waals surface area contributed by atoms with E-state index in [1.54, 1.807) is 6.92 Å². The molecule has 1 unspecified atom stereocenters. The highest BCUT2D eigenvalue weighted by molar-refractivity contribution is 5.32. The largest absolute Gasteiger partial charge is 0.416 e. The van der Waals surface area contributed by atoms with Crippen LogP contribution < -0.4 is 0 Å². The van der Waals surface area contributed by atoms with Crippen molar-refractivity contribution >= 4 is 0 Å². The van der Waals surface area contributed by atoms with Gasteiger partial charge in [-0.3, -0.25) is 0 Å². The second-order valence-electron chi connectivity index (χ2n) is 4.62. The molecule has 0 fully saturated rings. The Balaban J connectivity index is 2.69. The van der Waals surface area contributed by atoms with Gasteiger partial charge in [0.25, 0.3) is 0 Å². The first-order valence-electron chi connectivity index (χ1n) is 6.19. The van der Waals surface area contributed by atoms with Crippen LogP contribution in [0.2, 0.25) is 0 Å². The summed E-state index contributed by atoms with van der Waals surface area (Å²) in [6.07, 6.45) is -1.79. The number of rotatable bonds is 5. The van der Waals surface area contributed by atoms with Gasteiger partial charge in [-0.25, -0.2) is 0 Å². The molecule has 102 valence electrons. The van der Waals surface area contributed by atoms with E-state index >= 15 is 0 Å². The summed E-state index contributed by atoms with van der Waals surface area (Å²) in [6, 6.07) is 3.78. The van der Waals surface area contributed by atoms with Crippen LogP contribution >= 0.6 is 0 Å². The van der Waals surface area contributed by atoms with E-state index in [2.05, 4.69) is 0 Å². The summed E-state index contributed by atoms with van der Waals surface area (Å²) in [7, 11) is 0. The van der Waals surface area contributed by atoms with Gasteiger partial charge in [0, 0.05) is 0 Å². The van der Waals surface area contributed by atoms with Crippen LogP contribution in [0.3, 0.4) is 0 Å². The lowest BCUT2D eigenvalue weighted by atomic mass is 9.98. The van der Waals surface area contributed by atoms with Gasteiger partial charge in [-0.2, -0.15) is 13.2 Å². The summed E-state index contributed by atoms with van der Waals surface area (Å²) < 4.78 is 37.4. The first-order chi connectivity index (χ1) is 8.34. The average Bonchev–Trinajstić information content (AvgIpc) is 2.26. The third kappa shape index (κ3) is 4.33. The van der Waals surface area contributed by atoms with Crippen molar-refractivity contribution in [3.8, 4) is 0 Å². The number of aliphatic hydroxyl groups is 1. The van der Waals surface area contributed by atoms with Crippen molar-refractivity contribution in [3.63, 3.8) is 0 Å². The summed E-state index contributed by atoms with van der Waals surface area (Å²) in [5, 5.41) is 9.61. The molecule has 1 nitrogen and oxygen atoms in total. The zero-order chi connectivity index (χ0) is 13.8. The second-order valence-corrected chi connectivity index (χ2v) is 4.62. The van der Waals surface area contributed by atoms with Crippen molar-refractivity contribution in [3.05, 3.63) is 34.9 Å². The van der Waals surface area contributed by atoms with Gasteiger partial charge >= 0.3 is 6.18 Å². The number of aryl methyl sites for hydroxylation is 2. The fourth-order valence-electron chi connectivity index (χ4n) is 1.95. The molecule has 0 bridgehead atoms. The number of hydrogen-bond donors (Lipinski definition) is 1. The molecule has 0 aliphatic heterocycles. The molecule has 0 saturated heterocycles. The molecule has 0 aromatic heterocycles. The average molecular weight is 260 g/mol. The van der Waals surface area contributed by atoms with E-state index in [0.29, 0.717) is 18.4 Å². The molecule has 0 spiro atoms. The van der Waals surface area contributed by atoms with Crippen molar-refractivity contribution in [2.75, 3.05) is 0 Å². The first-order valence-corrected chi connectivity index (χ1v) is 6.19. The summed E-state index contributed by atoms with van der Waals surface area (Å²) in [4.78, 5) is 0. The van der Waals surface area contributed by atoms with Gasteiger partial charge in [0.15, 0.2) is 0 Å². The van der Waals surface area contributed by atoms with E-state index in [1.165, 1.54) is 12.1 Å². The van der Waals surface area contributed by atoms with Gasteiger partial charge in [-0.15, -0.1) is 0 Å². The van der Waals surface area contributed by atoms with Crippen molar-refractivity contribution in [1.29, 1.82) is 0 Å². The molecule has 18 heavy (non-hydrogen) atoms. The van der Waals surface area contributed by atoms with Gasteiger partial charge in [0.1, 0.15) is 0 Å². The topological polar surface area (TPSA) is 20.2 Å². The second kappa shape index (κ2) is 6.23. The highest BCUT2D eigenvalue weighted by Crippen LogP contribution is 2.30. The Labute approximate surface area is 106 Å². The minimum Gasteiger partial charge on any atom is -0.393 e. The van der Waals surface area contributed by atoms with Crippen molar-refractivity contribution in [2.24, 2.45) is 0 Å². The molecule has 0 aliphatic rings. The molecule has 1 aromatic carbocycles. The first kappa shape index (κ1) is 15.0. The summed E-state index contributed by atoms with van der Waals surface area (Å²) in [6.45, 7) is 3.67. The van der Waals surface area contributed by atoms with Gasteiger partial charge < -0.3 is 5.11 Å². The lowest BCUT2D eigenvalue weighted by Crippen LogP contribution is -2.09. The van der Waals surface area contributed by atoms with Gasteiger partial charge in [0.05, 0.1) is 11.7 Å². The molecule has 1 rings (SSSR count). The van der Waals surface area contributed by atoms with Gasteiger partial charge in [0.2, 0.25) is 0 Å². The Morgan fingerprint density at radius 1 is 1.22 bits per heavy atom. The van der Waals surface area contributed by atoms with Crippen molar-refractivity contribution in [1.82, 2.24) is 0 Å². The normalized spacial score (nSPS) is 13.7. The molecular weight excluding hydrogens is 241 g/mol. The van der Waals surface area contributed by atoms with E-state index in [9.17, 15) is 18.3 Å². The smallest absolute Gasteiger partial charge is 0.393 e. The number of benzene rings is 1. The lowest BCUT2D eigenvalue weighted by molar-refractivity contribution is -0.137. The van der Waals surface area contributed by atoms with Crippen LogP contribution in [0.5, 0.6) is 0 Å². The van der Waals surface area contributed by atoms with E-state index in [0.717, 1.165) is 24.5 Å². The zero-order valence-electron chi connectivity index (χ0n) is 10.7. The monoisotopic (exact) mass is 260 g/mol. The third-order valence-corrected chi connectivity index (χ3v) is 3.04. The van der Waals surface area contributed by atoms with Crippen LogP contribution in [0.25, 0.3) is 0 Å². The van der Waals surface area contributed by atoms with E-state index in [4.69, 9.17) is 0 Å². The predicted molar refractivity (Wildman–Crippen MR) is 65.4 cm³/mol. The Morgan fingerprint density at radius 3 is 2.39 bits per heavy atom. The SMILES string of the molecule is CCCC(O)CCc1ccc(C(F)(F)F)cc1C. The molecule has 4 heteroatoms. The molecule has 0 radical (unpaired) electrons. The molecule has 0 heterocycles. The van der Waals surface area contributed by atoms with Crippen LogP contribution in [0.4, 0.5) is 13.2 Å². The fourth-order valence-corrected chi connectivity index (χ4v) is 1.95. The summed E-state index contributed by atoms with van der Waals surface area (Å²) >= 11 is 0. The van der Waals surface area contributed by atoms with Crippen LogP contribution in [-0.4, -0.2) is 11.2 Å². The quantitative estimate of drug-likeness (QED) is 0.844. The zero-order valence-corrected chi connectivity index (χ0v) is 10.7. The Kier molecular flexibility index (Phi) is 5.20. The van der Waals surface area contributed by atoms with Crippen LogP contribution in [0.1, 0.15) is 42.9 Å². The summed E-state index contributed by atoms with van der Waals surface area (Å²) in [5.74, 6) is 0. The van der Waals surface area contributed by atoms with Crippen molar-refractivity contribution in [2.45, 2.75) is 51.8 Å². The van der Waals surface area contributed by atoms with E-state index in [-0.39, 0.29) is 6.10 Å². The molecule has 0 saturated carbocycles. The maximum Gasteiger partial charge on any atom is 0.416 e. The minimum absolute atomic E-state index is 0.364. The van der Waals surface area contributed by atoms with Crippen LogP contribution in [-0.2, 0) is 12.6 Å². The Bertz CT molecular complexity index is 385. The number of alkyl halides is 3. The molecule has 1 atom stereocenters. The van der Waals surface area contributed by atoms with Crippen molar-refractivity contribution < 1.29 is 18.3 Å². The molecule has 1 N–H and O–H groups in total. The molecule has 0 aliphatic carbocycles. The van der Waals surface area contributed by atoms with E-state index < -0.39 is 11.7 Å². The number of hydrogen-bond acceptors (Lipinski definition) is 1. The summed E-state index contributed by atoms with van der Waals surface area (Å²) in [5.41, 5.74) is 0.893. The predicted octanol–water partition coefficient (Wildman–Crippen LogP) is 4.11. The standard InChI is InChI=1S/C14H19F3O/c1-3-4-13(18)8-6-11-5-7-12(9-10(11)2)14(15,16)17/h5,7,9,13,18H,3-4,6,8H2,1-2H3. The Hall–Kier alpha value is -1.03. The van der Waals surface area contributed by atoms with Gasteiger partial charge in [-0.05, 0) is 49.4 Å². The van der Waals surface area contributed by atoms with Crippen LogP contribution in [0, 0.1) is 6.92 Å². The lowest BCUT2D eigenvalue weighted by Gasteiger charge is -2.13. The van der Waals surface area contributed by atoms with E-state index in [1.807, 2.05) is 6.92 Å². The maximum atomic E-state index is 12.5. The Morgan fingerprint density at radius 2 is 1.89 bits per heavy atom. The number of halogens is 3. The molecule has 0 amide bonds.